The molecule has 0 spiro atoms. The molecule has 1 saturated heterocycles. The molecular formula is C19H24N6O8P-. The predicted octanol–water partition coefficient (Wildman–Crippen LogP) is -1.20. The molecule has 1 fully saturated rings. The molecule has 3 heterocycles. The van der Waals surface area contributed by atoms with E-state index in [1.54, 1.807) is 12.1 Å². The smallest absolute Gasteiger partial charge is 0.268 e. The van der Waals surface area contributed by atoms with Gasteiger partial charge in [-0.1, -0.05) is 12.1 Å². The Kier molecular flexibility index (Phi) is 7.12. The lowest BCUT2D eigenvalue weighted by Gasteiger charge is -2.26. The number of anilines is 1. The zero-order chi connectivity index (χ0) is 24.5. The Hall–Kier alpha value is -2.68. The number of phenolic OH excluding ortho intramolecular Hbond substituents is 1. The Balaban J connectivity index is 1.32. The van der Waals surface area contributed by atoms with E-state index in [0.717, 1.165) is 5.56 Å². The molecular weight excluding hydrogens is 471 g/mol. The monoisotopic (exact) mass is 495 g/mol. The number of aromatic hydroxyl groups is 1. The number of hydrogen-bond acceptors (Lipinski definition) is 13. The number of imidazole rings is 1. The number of nitrogens with zero attached hydrogens (tertiary/aromatic N) is 4. The molecule has 15 heteroatoms. The van der Waals surface area contributed by atoms with Crippen LogP contribution in [0.1, 0.15) is 11.8 Å². The van der Waals surface area contributed by atoms with Crippen molar-refractivity contribution in [3.63, 3.8) is 0 Å². The Labute approximate surface area is 193 Å². The molecule has 0 aliphatic carbocycles. The molecule has 3 aromatic rings. The van der Waals surface area contributed by atoms with Gasteiger partial charge in [0.05, 0.1) is 19.5 Å². The van der Waals surface area contributed by atoms with E-state index in [2.05, 4.69) is 15.0 Å². The first kappa shape index (κ1) is 24.4. The number of phosphoric ester groups is 1. The summed E-state index contributed by atoms with van der Waals surface area (Å²) in [5.41, 5.74) is 13.0. The summed E-state index contributed by atoms with van der Waals surface area (Å²) in [4.78, 5) is 24.1. The second-order valence-electron chi connectivity index (χ2n) is 7.80. The van der Waals surface area contributed by atoms with Crippen LogP contribution in [-0.2, 0) is 24.8 Å². The van der Waals surface area contributed by atoms with Crippen LogP contribution >= 0.6 is 7.82 Å². The Morgan fingerprint density at radius 3 is 2.65 bits per heavy atom. The molecule has 1 aliphatic rings. The number of rotatable bonds is 9. The van der Waals surface area contributed by atoms with E-state index in [4.69, 9.17) is 25.3 Å². The summed E-state index contributed by atoms with van der Waals surface area (Å²) in [6, 6.07) is 5.65. The van der Waals surface area contributed by atoms with E-state index < -0.39 is 45.0 Å². The summed E-state index contributed by atoms with van der Waals surface area (Å²) >= 11 is 0. The molecule has 0 bridgehead atoms. The van der Waals surface area contributed by atoms with Gasteiger partial charge in [-0.3, -0.25) is 9.13 Å². The van der Waals surface area contributed by atoms with Gasteiger partial charge in [0.15, 0.2) is 17.7 Å². The zero-order valence-electron chi connectivity index (χ0n) is 17.7. The van der Waals surface area contributed by atoms with E-state index >= 15 is 0 Å². The van der Waals surface area contributed by atoms with Crippen LogP contribution in [0.2, 0.25) is 0 Å². The maximum Gasteiger partial charge on any atom is 0.268 e. The quantitative estimate of drug-likeness (QED) is 0.220. The van der Waals surface area contributed by atoms with Gasteiger partial charge in [-0.15, -0.1) is 0 Å². The van der Waals surface area contributed by atoms with E-state index in [9.17, 15) is 24.8 Å². The van der Waals surface area contributed by atoms with E-state index in [1.165, 1.54) is 29.4 Å². The fourth-order valence-electron chi connectivity index (χ4n) is 3.54. The molecule has 184 valence electrons. The standard InChI is InChI=1S/C19H25N6O8P/c20-11(5-10-1-3-12(26)4-2-10)6-31-34(29,30)32-7-13-15(27)16(28)19(33-13)25-9-24-14-17(21)22-8-23-18(14)25/h1-4,8-9,11,13,15-16,19,26-28H,5-7,20H2,(H,29,30)(H2,21,22,23)/p-1. The highest BCUT2D eigenvalue weighted by molar-refractivity contribution is 7.45. The number of benzene rings is 1. The average Bonchev–Trinajstić information content (AvgIpc) is 3.35. The highest BCUT2D eigenvalue weighted by atomic mass is 31.2. The van der Waals surface area contributed by atoms with Gasteiger partial charge in [-0.05, 0) is 24.1 Å². The first-order valence-corrected chi connectivity index (χ1v) is 11.7. The predicted molar refractivity (Wildman–Crippen MR) is 115 cm³/mol. The molecule has 2 aromatic heterocycles. The summed E-state index contributed by atoms with van der Waals surface area (Å²) in [5.74, 6) is 0.234. The van der Waals surface area contributed by atoms with Crippen molar-refractivity contribution in [3.8, 4) is 5.75 Å². The van der Waals surface area contributed by atoms with Crippen molar-refractivity contribution < 1.29 is 38.6 Å². The molecule has 0 radical (unpaired) electrons. The fourth-order valence-corrected chi connectivity index (χ4v) is 4.31. The summed E-state index contributed by atoms with van der Waals surface area (Å²) in [5, 5.41) is 30.1. The minimum Gasteiger partial charge on any atom is -0.756 e. The number of aliphatic hydroxyl groups excluding tert-OH is 2. The van der Waals surface area contributed by atoms with Crippen LogP contribution in [-0.4, -0.2) is 72.4 Å². The first-order valence-electron chi connectivity index (χ1n) is 10.2. The van der Waals surface area contributed by atoms with Crippen molar-refractivity contribution >= 4 is 24.8 Å². The maximum atomic E-state index is 12.1. The molecule has 0 amide bonds. The SMILES string of the molecule is Nc1ncnc2c1ncn2C1OC(COP(=O)([O-])OCC(N)Cc2ccc(O)cc2)C(O)C1O. The van der Waals surface area contributed by atoms with Crippen LogP contribution in [0.25, 0.3) is 11.2 Å². The van der Waals surface area contributed by atoms with Gasteiger partial charge in [0.1, 0.15) is 35.9 Å². The Morgan fingerprint density at radius 2 is 1.91 bits per heavy atom. The maximum absolute atomic E-state index is 12.1. The topological polar surface area (TPSA) is 224 Å². The second kappa shape index (κ2) is 9.90. The number of aliphatic hydroxyl groups is 2. The summed E-state index contributed by atoms with van der Waals surface area (Å²) < 4.78 is 28.8. The molecule has 14 nitrogen and oxygen atoms in total. The summed E-state index contributed by atoms with van der Waals surface area (Å²) in [6.45, 7) is -0.949. The third-order valence-electron chi connectivity index (χ3n) is 5.28. The van der Waals surface area contributed by atoms with Crippen LogP contribution in [0.5, 0.6) is 5.75 Å². The van der Waals surface area contributed by atoms with Crippen LogP contribution < -0.4 is 16.4 Å². The third-order valence-corrected chi connectivity index (χ3v) is 6.21. The highest BCUT2D eigenvalue weighted by Crippen LogP contribution is 2.40. The van der Waals surface area contributed by atoms with E-state index in [0.29, 0.717) is 6.42 Å². The molecule has 0 saturated carbocycles. The number of phosphoric acid groups is 1. The Morgan fingerprint density at radius 1 is 1.18 bits per heavy atom. The van der Waals surface area contributed by atoms with Crippen LogP contribution in [0.3, 0.4) is 0 Å². The number of aromatic nitrogens is 4. The van der Waals surface area contributed by atoms with Crippen LogP contribution in [0.15, 0.2) is 36.9 Å². The van der Waals surface area contributed by atoms with Gasteiger partial charge in [0.2, 0.25) is 0 Å². The molecule has 1 aromatic carbocycles. The summed E-state index contributed by atoms with van der Waals surface area (Å²) in [7, 11) is -4.78. The molecule has 6 atom stereocenters. The molecule has 34 heavy (non-hydrogen) atoms. The number of phenols is 1. The number of nitrogens with two attached hydrogens (primary N) is 2. The van der Waals surface area contributed by atoms with Gasteiger partial charge < -0.3 is 45.5 Å². The van der Waals surface area contributed by atoms with Crippen molar-refractivity contribution in [2.24, 2.45) is 5.73 Å². The van der Waals surface area contributed by atoms with E-state index in [1.807, 2.05) is 0 Å². The normalized spacial score (nSPS) is 25.4. The van der Waals surface area contributed by atoms with Crippen molar-refractivity contribution in [2.75, 3.05) is 18.9 Å². The lowest BCUT2D eigenvalue weighted by atomic mass is 10.1. The highest BCUT2D eigenvalue weighted by Gasteiger charge is 2.44. The number of nitrogen functional groups attached to an aromatic ring is 1. The van der Waals surface area contributed by atoms with Crippen molar-refractivity contribution in [3.05, 3.63) is 42.5 Å². The van der Waals surface area contributed by atoms with Crippen molar-refractivity contribution in [1.29, 1.82) is 0 Å². The number of fused-ring (bicyclic) bond motifs is 1. The minimum atomic E-state index is -4.78. The number of hydrogen-bond donors (Lipinski definition) is 5. The van der Waals surface area contributed by atoms with Gasteiger partial charge in [-0.25, -0.2) is 15.0 Å². The van der Waals surface area contributed by atoms with Gasteiger partial charge in [0.25, 0.3) is 7.82 Å². The zero-order valence-corrected chi connectivity index (χ0v) is 18.6. The fraction of sp³-hybridized carbons (Fsp3) is 0.421. The summed E-state index contributed by atoms with van der Waals surface area (Å²) in [6.07, 6.45) is -2.35. The average molecular weight is 495 g/mol. The minimum absolute atomic E-state index is 0.105. The Bertz CT molecular complexity index is 1180. The van der Waals surface area contributed by atoms with E-state index in [-0.39, 0.29) is 29.3 Å². The van der Waals surface area contributed by atoms with Crippen LogP contribution in [0.4, 0.5) is 5.82 Å². The molecule has 4 rings (SSSR count). The third kappa shape index (κ3) is 5.35. The lowest BCUT2D eigenvalue weighted by molar-refractivity contribution is -0.228. The van der Waals surface area contributed by atoms with Crippen LogP contribution in [0, 0.1) is 0 Å². The van der Waals surface area contributed by atoms with Crippen molar-refractivity contribution in [2.45, 2.75) is 37.0 Å². The number of ether oxygens (including phenoxy) is 1. The van der Waals surface area contributed by atoms with Gasteiger partial charge in [0, 0.05) is 6.04 Å². The largest absolute Gasteiger partial charge is 0.756 e. The lowest BCUT2D eigenvalue weighted by Crippen LogP contribution is -2.34. The molecule has 6 unspecified atom stereocenters. The molecule has 1 aliphatic heterocycles. The second-order valence-corrected chi connectivity index (χ2v) is 9.21. The van der Waals surface area contributed by atoms with Crippen molar-refractivity contribution in [1.82, 2.24) is 19.5 Å². The van der Waals surface area contributed by atoms with Gasteiger partial charge >= 0.3 is 0 Å². The van der Waals surface area contributed by atoms with Gasteiger partial charge in [-0.2, -0.15) is 0 Å². The molecule has 7 N–H and O–H groups in total. The first-order chi connectivity index (χ1) is 16.1.